The molecular formula is C10H15Cl3N2O2S. The molecule has 0 saturated carbocycles. The van der Waals surface area contributed by atoms with Gasteiger partial charge in [0.15, 0.2) is 0 Å². The van der Waals surface area contributed by atoms with Crippen LogP contribution in [0.25, 0.3) is 0 Å². The maximum atomic E-state index is 12.2. The van der Waals surface area contributed by atoms with Crippen LogP contribution in [0.3, 0.4) is 0 Å². The summed E-state index contributed by atoms with van der Waals surface area (Å²) in [5.74, 6) is 0. The summed E-state index contributed by atoms with van der Waals surface area (Å²) in [6, 6.07) is 4.62. The van der Waals surface area contributed by atoms with E-state index in [1.165, 1.54) is 23.5 Å². The Labute approximate surface area is 124 Å². The Hall–Kier alpha value is -0.0400. The number of likely N-dealkylation sites (N-methyl/N-ethyl adjacent to an activating group) is 2. The molecule has 104 valence electrons. The van der Waals surface area contributed by atoms with E-state index in [0.717, 1.165) is 0 Å². The molecule has 0 bridgehead atoms. The van der Waals surface area contributed by atoms with Crippen molar-refractivity contribution in [3.05, 3.63) is 28.2 Å². The molecule has 0 spiro atoms. The third-order valence-electron chi connectivity index (χ3n) is 2.26. The van der Waals surface area contributed by atoms with E-state index in [2.05, 4.69) is 5.32 Å². The smallest absolute Gasteiger partial charge is 0.245 e. The summed E-state index contributed by atoms with van der Waals surface area (Å²) in [7, 11) is -0.398. The highest BCUT2D eigenvalue weighted by molar-refractivity contribution is 7.89. The number of halogens is 3. The molecule has 1 N–H and O–H groups in total. The Morgan fingerprint density at radius 1 is 1.28 bits per heavy atom. The maximum absolute atomic E-state index is 12.2. The van der Waals surface area contributed by atoms with Gasteiger partial charge >= 0.3 is 0 Å². The Kier molecular flexibility index (Phi) is 7.51. The van der Waals surface area contributed by atoms with Crippen LogP contribution in [0.2, 0.25) is 10.0 Å². The highest BCUT2D eigenvalue weighted by Crippen LogP contribution is 2.30. The van der Waals surface area contributed by atoms with Crippen LogP contribution in [-0.2, 0) is 10.0 Å². The van der Waals surface area contributed by atoms with Crippen LogP contribution in [0, 0.1) is 0 Å². The highest BCUT2D eigenvalue weighted by Gasteiger charge is 2.25. The molecule has 0 saturated heterocycles. The fraction of sp³-hybridized carbons (Fsp3) is 0.400. The summed E-state index contributed by atoms with van der Waals surface area (Å²) in [5.41, 5.74) is 0. The molecule has 4 nitrogen and oxygen atoms in total. The molecule has 0 unspecified atom stereocenters. The van der Waals surface area contributed by atoms with Gasteiger partial charge in [0.1, 0.15) is 4.90 Å². The first-order valence-electron chi connectivity index (χ1n) is 4.96. The normalized spacial score (nSPS) is 11.4. The number of hydrogen-bond donors (Lipinski definition) is 1. The lowest BCUT2D eigenvalue weighted by Crippen LogP contribution is -2.33. The van der Waals surface area contributed by atoms with Crippen molar-refractivity contribution in [1.82, 2.24) is 9.62 Å². The van der Waals surface area contributed by atoms with E-state index < -0.39 is 10.0 Å². The summed E-state index contributed by atoms with van der Waals surface area (Å²) in [6.07, 6.45) is 0. The van der Waals surface area contributed by atoms with Crippen LogP contribution in [0.4, 0.5) is 0 Å². The van der Waals surface area contributed by atoms with Gasteiger partial charge in [-0.1, -0.05) is 29.3 Å². The molecule has 18 heavy (non-hydrogen) atoms. The van der Waals surface area contributed by atoms with Crippen molar-refractivity contribution in [2.45, 2.75) is 4.90 Å². The van der Waals surface area contributed by atoms with Crippen molar-refractivity contribution in [2.24, 2.45) is 0 Å². The van der Waals surface area contributed by atoms with Crippen LogP contribution >= 0.6 is 35.6 Å². The molecule has 0 aromatic heterocycles. The lowest BCUT2D eigenvalue weighted by atomic mass is 10.4. The van der Waals surface area contributed by atoms with Crippen LogP contribution in [0.5, 0.6) is 0 Å². The first kappa shape index (κ1) is 18.0. The number of rotatable bonds is 5. The Morgan fingerprint density at radius 2 is 1.78 bits per heavy atom. The second-order valence-electron chi connectivity index (χ2n) is 3.48. The number of sulfonamides is 1. The predicted octanol–water partition coefficient (Wildman–Crippen LogP) is 2.26. The standard InChI is InChI=1S/C10H14Cl2N2O2S.ClH/c1-13-6-7-14(2)17(15,16)10-8(11)4-3-5-9(10)12;/h3-5,13H,6-7H2,1-2H3;1H. The van der Waals surface area contributed by atoms with Crippen LogP contribution < -0.4 is 5.32 Å². The zero-order valence-electron chi connectivity index (χ0n) is 9.98. The highest BCUT2D eigenvalue weighted by atomic mass is 35.5. The number of nitrogens with one attached hydrogen (secondary N) is 1. The van der Waals surface area contributed by atoms with Gasteiger partial charge in [-0.2, -0.15) is 4.31 Å². The van der Waals surface area contributed by atoms with Gasteiger partial charge in [0.05, 0.1) is 10.0 Å². The summed E-state index contributed by atoms with van der Waals surface area (Å²) < 4.78 is 25.6. The fourth-order valence-electron chi connectivity index (χ4n) is 1.27. The molecule has 0 amide bonds. The molecule has 1 aromatic rings. The quantitative estimate of drug-likeness (QED) is 0.899. The average molecular weight is 334 g/mol. The third kappa shape index (κ3) is 3.98. The first-order chi connectivity index (χ1) is 7.91. The Balaban J connectivity index is 0.00000289. The van der Waals surface area contributed by atoms with Crippen LogP contribution in [-0.4, -0.2) is 39.9 Å². The topological polar surface area (TPSA) is 49.4 Å². The summed E-state index contributed by atoms with van der Waals surface area (Å²) in [4.78, 5) is -0.0399. The zero-order valence-corrected chi connectivity index (χ0v) is 13.1. The Morgan fingerprint density at radius 3 is 2.22 bits per heavy atom. The second kappa shape index (κ2) is 7.53. The summed E-state index contributed by atoms with van der Waals surface area (Å²) >= 11 is 11.8. The van der Waals surface area contributed by atoms with Gasteiger partial charge in [-0.25, -0.2) is 8.42 Å². The van der Waals surface area contributed by atoms with Crippen molar-refractivity contribution in [3.63, 3.8) is 0 Å². The number of nitrogens with zero attached hydrogens (tertiary/aromatic N) is 1. The minimum atomic E-state index is -3.64. The fourth-order valence-corrected chi connectivity index (χ4v) is 3.53. The molecule has 0 aliphatic carbocycles. The molecule has 1 rings (SSSR count). The third-order valence-corrected chi connectivity index (χ3v) is 5.08. The molecule has 0 aliphatic rings. The van der Waals surface area contributed by atoms with Gasteiger partial charge < -0.3 is 5.32 Å². The molecular weight excluding hydrogens is 319 g/mol. The van der Waals surface area contributed by atoms with E-state index >= 15 is 0 Å². The number of benzene rings is 1. The molecule has 8 heteroatoms. The van der Waals surface area contributed by atoms with E-state index in [0.29, 0.717) is 13.1 Å². The molecule has 1 aromatic carbocycles. The van der Waals surface area contributed by atoms with Crippen LogP contribution in [0.1, 0.15) is 0 Å². The van der Waals surface area contributed by atoms with E-state index in [9.17, 15) is 8.42 Å². The second-order valence-corrected chi connectivity index (χ2v) is 6.28. The van der Waals surface area contributed by atoms with Crippen molar-refractivity contribution in [1.29, 1.82) is 0 Å². The zero-order chi connectivity index (χ0) is 13.1. The molecule has 0 heterocycles. The summed E-state index contributed by atoms with van der Waals surface area (Å²) in [6.45, 7) is 0.901. The van der Waals surface area contributed by atoms with E-state index in [-0.39, 0.29) is 27.3 Å². The number of hydrogen-bond acceptors (Lipinski definition) is 3. The minimum Gasteiger partial charge on any atom is -0.318 e. The molecule has 0 fully saturated rings. The lowest BCUT2D eigenvalue weighted by molar-refractivity contribution is 0.466. The van der Waals surface area contributed by atoms with Gasteiger partial charge in [0.2, 0.25) is 10.0 Å². The minimum absolute atomic E-state index is 0. The van der Waals surface area contributed by atoms with Gasteiger partial charge in [-0.15, -0.1) is 12.4 Å². The summed E-state index contributed by atoms with van der Waals surface area (Å²) in [5, 5.41) is 3.15. The first-order valence-corrected chi connectivity index (χ1v) is 7.16. The predicted molar refractivity (Wildman–Crippen MR) is 77.5 cm³/mol. The van der Waals surface area contributed by atoms with Crippen molar-refractivity contribution >= 4 is 45.6 Å². The van der Waals surface area contributed by atoms with Crippen molar-refractivity contribution < 1.29 is 8.42 Å². The maximum Gasteiger partial charge on any atom is 0.245 e. The van der Waals surface area contributed by atoms with Gasteiger partial charge in [0, 0.05) is 20.1 Å². The monoisotopic (exact) mass is 332 g/mol. The largest absolute Gasteiger partial charge is 0.318 e. The van der Waals surface area contributed by atoms with E-state index in [4.69, 9.17) is 23.2 Å². The van der Waals surface area contributed by atoms with Gasteiger partial charge in [0.25, 0.3) is 0 Å². The lowest BCUT2D eigenvalue weighted by Gasteiger charge is -2.18. The van der Waals surface area contributed by atoms with Gasteiger partial charge in [-0.05, 0) is 19.2 Å². The molecule has 0 atom stereocenters. The van der Waals surface area contributed by atoms with E-state index in [1.54, 1.807) is 13.1 Å². The van der Waals surface area contributed by atoms with Crippen LogP contribution in [0.15, 0.2) is 23.1 Å². The molecule has 0 aliphatic heterocycles. The van der Waals surface area contributed by atoms with E-state index in [1.807, 2.05) is 0 Å². The Bertz CT molecular complexity index is 474. The van der Waals surface area contributed by atoms with Gasteiger partial charge in [-0.3, -0.25) is 0 Å². The SMILES string of the molecule is CNCCN(C)S(=O)(=O)c1c(Cl)cccc1Cl.Cl. The van der Waals surface area contributed by atoms with Crippen molar-refractivity contribution in [3.8, 4) is 0 Å². The molecule has 0 radical (unpaired) electrons. The van der Waals surface area contributed by atoms with Crippen molar-refractivity contribution in [2.75, 3.05) is 27.2 Å². The average Bonchev–Trinajstić information content (AvgIpc) is 2.25.